The summed E-state index contributed by atoms with van der Waals surface area (Å²) in [7, 11) is 0. The maximum absolute atomic E-state index is 10.1. The molecule has 9 heavy (non-hydrogen) atoms. The molecule has 0 saturated heterocycles. The number of esters is 1. The zero-order valence-corrected chi connectivity index (χ0v) is 5.73. The molecule has 0 aromatic rings. The standard InChI is InChI=1S/C6H11NO2/c1-5(7)3-4-9-6(2)8/h7H,3-4H2,1-2H3. The van der Waals surface area contributed by atoms with Gasteiger partial charge in [-0.25, -0.2) is 0 Å². The van der Waals surface area contributed by atoms with Crippen molar-refractivity contribution in [3.63, 3.8) is 0 Å². The van der Waals surface area contributed by atoms with Gasteiger partial charge in [-0.1, -0.05) is 0 Å². The largest absolute Gasteiger partial charge is 0.465 e. The van der Waals surface area contributed by atoms with Crippen molar-refractivity contribution in [3.05, 3.63) is 0 Å². The van der Waals surface area contributed by atoms with Crippen LogP contribution in [-0.2, 0) is 9.53 Å². The van der Waals surface area contributed by atoms with Crippen LogP contribution < -0.4 is 0 Å². The first kappa shape index (κ1) is 8.14. The van der Waals surface area contributed by atoms with Crippen molar-refractivity contribution < 1.29 is 9.53 Å². The third kappa shape index (κ3) is 7.14. The quantitative estimate of drug-likeness (QED) is 0.456. The van der Waals surface area contributed by atoms with Crippen LogP contribution in [0.4, 0.5) is 0 Å². The Labute approximate surface area is 54.5 Å². The van der Waals surface area contributed by atoms with E-state index in [0.29, 0.717) is 18.7 Å². The molecule has 3 nitrogen and oxygen atoms in total. The van der Waals surface area contributed by atoms with Crippen molar-refractivity contribution in [1.82, 2.24) is 0 Å². The van der Waals surface area contributed by atoms with Crippen LogP contribution in [0.5, 0.6) is 0 Å². The second-order valence-corrected chi connectivity index (χ2v) is 1.87. The van der Waals surface area contributed by atoms with Gasteiger partial charge < -0.3 is 10.1 Å². The highest BCUT2D eigenvalue weighted by Gasteiger charge is 1.91. The van der Waals surface area contributed by atoms with Crippen LogP contribution in [0.3, 0.4) is 0 Å². The second-order valence-electron chi connectivity index (χ2n) is 1.87. The summed E-state index contributed by atoms with van der Waals surface area (Å²) in [6.45, 7) is 3.38. The van der Waals surface area contributed by atoms with Gasteiger partial charge in [0.1, 0.15) is 0 Å². The summed E-state index contributed by atoms with van der Waals surface area (Å²) in [5.74, 6) is -0.281. The van der Waals surface area contributed by atoms with Gasteiger partial charge in [-0.05, 0) is 6.92 Å². The van der Waals surface area contributed by atoms with Crippen LogP contribution in [0.2, 0.25) is 0 Å². The number of carbonyl (C=O) groups excluding carboxylic acids is 1. The van der Waals surface area contributed by atoms with E-state index in [2.05, 4.69) is 4.74 Å². The van der Waals surface area contributed by atoms with E-state index in [0.717, 1.165) is 0 Å². The fourth-order valence-corrected chi connectivity index (χ4v) is 0.348. The lowest BCUT2D eigenvalue weighted by molar-refractivity contribution is -0.140. The van der Waals surface area contributed by atoms with Gasteiger partial charge in [-0.15, -0.1) is 0 Å². The van der Waals surface area contributed by atoms with Crippen molar-refractivity contribution in [2.45, 2.75) is 20.3 Å². The highest BCUT2D eigenvalue weighted by molar-refractivity contribution is 5.78. The molecule has 3 heteroatoms. The molecule has 0 heterocycles. The van der Waals surface area contributed by atoms with Crippen LogP contribution in [0.1, 0.15) is 20.3 Å². The number of nitrogens with one attached hydrogen (secondary N) is 1. The molecule has 52 valence electrons. The van der Waals surface area contributed by atoms with E-state index >= 15 is 0 Å². The molecule has 0 aliphatic carbocycles. The first-order valence-electron chi connectivity index (χ1n) is 2.80. The SMILES string of the molecule is CC(=N)CCOC(C)=O. The van der Waals surface area contributed by atoms with Gasteiger partial charge >= 0.3 is 5.97 Å². The maximum atomic E-state index is 10.1. The van der Waals surface area contributed by atoms with Gasteiger partial charge in [-0.2, -0.15) is 0 Å². The molecule has 0 rings (SSSR count). The van der Waals surface area contributed by atoms with Gasteiger partial charge in [0.15, 0.2) is 0 Å². The van der Waals surface area contributed by atoms with Gasteiger partial charge in [0.25, 0.3) is 0 Å². The monoisotopic (exact) mass is 129 g/mol. The Bertz CT molecular complexity index is 106. The lowest BCUT2D eigenvalue weighted by atomic mass is 10.3. The molecule has 0 saturated carbocycles. The van der Waals surface area contributed by atoms with Crippen LogP contribution in [0.25, 0.3) is 0 Å². The second kappa shape index (κ2) is 4.06. The number of carbonyl (C=O) groups is 1. The molecule has 0 aliphatic rings. The van der Waals surface area contributed by atoms with Gasteiger partial charge in [0.05, 0.1) is 6.61 Å². The molecule has 0 aliphatic heterocycles. The zero-order chi connectivity index (χ0) is 7.28. The lowest BCUT2D eigenvalue weighted by Crippen LogP contribution is -2.03. The van der Waals surface area contributed by atoms with Crippen LogP contribution >= 0.6 is 0 Å². The van der Waals surface area contributed by atoms with E-state index < -0.39 is 0 Å². The molecule has 0 unspecified atom stereocenters. The Morgan fingerprint density at radius 2 is 2.11 bits per heavy atom. The Balaban J connectivity index is 3.10. The predicted octanol–water partition coefficient (Wildman–Crippen LogP) is 0.979. The van der Waals surface area contributed by atoms with Gasteiger partial charge in [0.2, 0.25) is 0 Å². The molecule has 0 spiro atoms. The van der Waals surface area contributed by atoms with Gasteiger partial charge in [-0.3, -0.25) is 4.79 Å². The summed E-state index contributed by atoms with van der Waals surface area (Å²) < 4.78 is 4.57. The summed E-state index contributed by atoms with van der Waals surface area (Å²) in [5.41, 5.74) is 0.538. The van der Waals surface area contributed by atoms with Crippen LogP contribution in [0, 0.1) is 5.41 Å². The van der Waals surface area contributed by atoms with E-state index in [4.69, 9.17) is 5.41 Å². The highest BCUT2D eigenvalue weighted by Crippen LogP contribution is 1.84. The fourth-order valence-electron chi connectivity index (χ4n) is 0.348. The molecular formula is C6H11NO2. The van der Waals surface area contributed by atoms with Crippen molar-refractivity contribution >= 4 is 11.7 Å². The summed E-state index contributed by atoms with van der Waals surface area (Å²) >= 11 is 0. The van der Waals surface area contributed by atoms with Crippen molar-refractivity contribution in [3.8, 4) is 0 Å². The first-order valence-corrected chi connectivity index (χ1v) is 2.80. The van der Waals surface area contributed by atoms with Crippen molar-refractivity contribution in [1.29, 1.82) is 5.41 Å². The van der Waals surface area contributed by atoms with Crippen LogP contribution in [0.15, 0.2) is 0 Å². The van der Waals surface area contributed by atoms with E-state index in [-0.39, 0.29) is 5.97 Å². The van der Waals surface area contributed by atoms with Crippen molar-refractivity contribution in [2.75, 3.05) is 6.61 Å². The molecule has 0 bridgehead atoms. The van der Waals surface area contributed by atoms with E-state index in [1.165, 1.54) is 6.92 Å². The fraction of sp³-hybridized carbons (Fsp3) is 0.667. The zero-order valence-electron chi connectivity index (χ0n) is 5.73. The summed E-state index contributed by atoms with van der Waals surface area (Å²) in [5, 5.41) is 6.95. The third-order valence-corrected chi connectivity index (χ3v) is 0.782. The first-order chi connectivity index (χ1) is 4.13. The Morgan fingerprint density at radius 3 is 2.44 bits per heavy atom. The topological polar surface area (TPSA) is 50.1 Å². The van der Waals surface area contributed by atoms with Gasteiger partial charge in [0, 0.05) is 19.1 Å². The summed E-state index contributed by atoms with van der Waals surface area (Å²) in [4.78, 5) is 10.1. The molecule has 1 N–H and O–H groups in total. The minimum atomic E-state index is -0.281. The van der Waals surface area contributed by atoms with E-state index in [1.54, 1.807) is 6.92 Å². The average molecular weight is 129 g/mol. The number of hydrogen-bond acceptors (Lipinski definition) is 3. The number of rotatable bonds is 3. The average Bonchev–Trinajstić information content (AvgIpc) is 1.63. The Hall–Kier alpha value is -0.860. The molecule has 0 aromatic carbocycles. The normalized spacial score (nSPS) is 8.67. The predicted molar refractivity (Wildman–Crippen MR) is 34.7 cm³/mol. The van der Waals surface area contributed by atoms with E-state index in [1.807, 2.05) is 0 Å². The van der Waals surface area contributed by atoms with E-state index in [9.17, 15) is 4.79 Å². The van der Waals surface area contributed by atoms with Crippen LogP contribution in [-0.4, -0.2) is 18.3 Å². The molecule has 0 radical (unpaired) electrons. The number of ether oxygens (including phenoxy) is 1. The molecule has 0 atom stereocenters. The number of hydrogen-bond donors (Lipinski definition) is 1. The maximum Gasteiger partial charge on any atom is 0.302 e. The van der Waals surface area contributed by atoms with Crippen molar-refractivity contribution in [2.24, 2.45) is 0 Å². The molecule has 0 fully saturated rings. The molecule has 0 aromatic heterocycles. The minimum Gasteiger partial charge on any atom is -0.465 e. The minimum absolute atomic E-state index is 0.281. The summed E-state index contributed by atoms with van der Waals surface area (Å²) in [6.07, 6.45) is 0.541. The third-order valence-electron chi connectivity index (χ3n) is 0.782. The summed E-state index contributed by atoms with van der Waals surface area (Å²) in [6, 6.07) is 0. The molecule has 0 amide bonds. The lowest BCUT2D eigenvalue weighted by Gasteiger charge is -1.97. The smallest absolute Gasteiger partial charge is 0.302 e. The molecular weight excluding hydrogens is 118 g/mol. The Morgan fingerprint density at radius 1 is 1.56 bits per heavy atom. The Kier molecular flexibility index (Phi) is 3.67. The highest BCUT2D eigenvalue weighted by atomic mass is 16.5.